The van der Waals surface area contributed by atoms with Crippen LogP contribution in [0.3, 0.4) is 0 Å². The minimum Gasteiger partial charge on any atom is -0.384 e. The van der Waals surface area contributed by atoms with E-state index in [9.17, 15) is 4.79 Å². The van der Waals surface area contributed by atoms with E-state index in [-0.39, 0.29) is 18.2 Å². The SMILES string of the molecule is CC(C)(C)NC(=O)Nc1cccc(C#CCO)c1. The Morgan fingerprint density at radius 1 is 1.39 bits per heavy atom. The second-order valence-electron chi connectivity index (χ2n) is 4.87. The van der Waals surface area contributed by atoms with E-state index in [1.807, 2.05) is 26.8 Å². The Balaban J connectivity index is 2.70. The molecule has 0 radical (unpaired) electrons. The Hall–Kier alpha value is -1.99. The number of hydrogen-bond acceptors (Lipinski definition) is 2. The van der Waals surface area contributed by atoms with Gasteiger partial charge in [0.05, 0.1) is 0 Å². The largest absolute Gasteiger partial charge is 0.384 e. The van der Waals surface area contributed by atoms with E-state index < -0.39 is 0 Å². The molecule has 0 bridgehead atoms. The number of hydrogen-bond donors (Lipinski definition) is 3. The highest BCUT2D eigenvalue weighted by Crippen LogP contribution is 2.10. The van der Waals surface area contributed by atoms with Crippen molar-refractivity contribution < 1.29 is 9.90 Å². The summed E-state index contributed by atoms with van der Waals surface area (Å²) in [5.74, 6) is 5.35. The van der Waals surface area contributed by atoms with Crippen LogP contribution in [-0.4, -0.2) is 23.3 Å². The topological polar surface area (TPSA) is 61.4 Å². The molecule has 0 heterocycles. The van der Waals surface area contributed by atoms with E-state index in [0.717, 1.165) is 5.56 Å². The van der Waals surface area contributed by atoms with Crippen LogP contribution < -0.4 is 10.6 Å². The number of aliphatic hydroxyl groups excluding tert-OH is 1. The van der Waals surface area contributed by atoms with E-state index in [1.54, 1.807) is 18.2 Å². The van der Waals surface area contributed by atoms with Crippen LogP contribution in [0.25, 0.3) is 0 Å². The Kier molecular flexibility index (Phi) is 4.75. The van der Waals surface area contributed by atoms with Crippen molar-refractivity contribution in [2.24, 2.45) is 0 Å². The quantitative estimate of drug-likeness (QED) is 0.663. The molecule has 0 aromatic heterocycles. The van der Waals surface area contributed by atoms with Crippen LogP contribution in [0.1, 0.15) is 26.3 Å². The van der Waals surface area contributed by atoms with E-state index in [1.165, 1.54) is 0 Å². The fourth-order valence-electron chi connectivity index (χ4n) is 1.32. The fraction of sp³-hybridized carbons (Fsp3) is 0.357. The summed E-state index contributed by atoms with van der Waals surface area (Å²) in [6.45, 7) is 5.56. The van der Waals surface area contributed by atoms with Crippen molar-refractivity contribution >= 4 is 11.7 Å². The van der Waals surface area contributed by atoms with Crippen LogP contribution in [0.15, 0.2) is 24.3 Å². The maximum absolute atomic E-state index is 11.7. The van der Waals surface area contributed by atoms with Crippen molar-refractivity contribution in [2.45, 2.75) is 26.3 Å². The van der Waals surface area contributed by atoms with Crippen molar-refractivity contribution in [3.05, 3.63) is 29.8 Å². The molecule has 0 aliphatic heterocycles. The monoisotopic (exact) mass is 246 g/mol. The van der Waals surface area contributed by atoms with Gasteiger partial charge in [-0.2, -0.15) is 0 Å². The average molecular weight is 246 g/mol. The van der Waals surface area contributed by atoms with Gasteiger partial charge >= 0.3 is 6.03 Å². The van der Waals surface area contributed by atoms with Crippen molar-refractivity contribution in [2.75, 3.05) is 11.9 Å². The van der Waals surface area contributed by atoms with Gasteiger partial charge in [-0.25, -0.2) is 4.79 Å². The average Bonchev–Trinajstić information content (AvgIpc) is 2.24. The summed E-state index contributed by atoms with van der Waals surface area (Å²) in [5, 5.41) is 14.2. The fourth-order valence-corrected chi connectivity index (χ4v) is 1.32. The molecule has 2 amide bonds. The highest BCUT2D eigenvalue weighted by atomic mass is 16.2. The molecule has 1 aromatic carbocycles. The molecule has 0 aliphatic carbocycles. The minimum atomic E-state index is -0.279. The van der Waals surface area contributed by atoms with Gasteiger partial charge in [-0.1, -0.05) is 17.9 Å². The van der Waals surface area contributed by atoms with Crippen LogP contribution in [0.2, 0.25) is 0 Å². The summed E-state index contributed by atoms with van der Waals surface area (Å²) < 4.78 is 0. The standard InChI is InChI=1S/C14H18N2O2/c1-14(2,3)16-13(18)15-12-8-4-6-11(10-12)7-5-9-17/h4,6,8,10,17H,9H2,1-3H3,(H2,15,16,18). The maximum atomic E-state index is 11.7. The number of anilines is 1. The number of carbonyl (C=O) groups excluding carboxylic acids is 1. The number of rotatable bonds is 1. The molecule has 0 fully saturated rings. The van der Waals surface area contributed by atoms with Gasteiger partial charge in [-0.15, -0.1) is 0 Å². The van der Waals surface area contributed by atoms with E-state index in [2.05, 4.69) is 22.5 Å². The van der Waals surface area contributed by atoms with Crippen LogP contribution in [0.5, 0.6) is 0 Å². The normalized spacial score (nSPS) is 10.2. The van der Waals surface area contributed by atoms with Gasteiger partial charge in [0.2, 0.25) is 0 Å². The lowest BCUT2D eigenvalue weighted by atomic mass is 10.1. The van der Waals surface area contributed by atoms with Gasteiger partial charge in [-0.3, -0.25) is 0 Å². The lowest BCUT2D eigenvalue weighted by Gasteiger charge is -2.20. The third kappa shape index (κ3) is 5.37. The van der Waals surface area contributed by atoms with Gasteiger partial charge in [0.1, 0.15) is 6.61 Å². The minimum absolute atomic E-state index is 0.178. The van der Waals surface area contributed by atoms with Crippen LogP contribution >= 0.6 is 0 Å². The molecule has 1 rings (SSSR count). The number of carbonyl (C=O) groups is 1. The number of aliphatic hydroxyl groups is 1. The summed E-state index contributed by atoms with van der Waals surface area (Å²) in [7, 11) is 0. The van der Waals surface area contributed by atoms with Crippen molar-refractivity contribution in [1.82, 2.24) is 5.32 Å². The number of nitrogens with one attached hydrogen (secondary N) is 2. The van der Waals surface area contributed by atoms with Gasteiger partial charge in [0.25, 0.3) is 0 Å². The molecule has 0 saturated heterocycles. The summed E-state index contributed by atoms with van der Waals surface area (Å²) in [4.78, 5) is 11.7. The highest BCUT2D eigenvalue weighted by molar-refractivity contribution is 5.89. The van der Waals surface area contributed by atoms with Crippen molar-refractivity contribution in [3.63, 3.8) is 0 Å². The molecule has 4 nitrogen and oxygen atoms in total. The van der Waals surface area contributed by atoms with Crippen LogP contribution in [0.4, 0.5) is 10.5 Å². The number of amides is 2. The van der Waals surface area contributed by atoms with Crippen molar-refractivity contribution in [1.29, 1.82) is 0 Å². The van der Waals surface area contributed by atoms with Gasteiger partial charge in [-0.05, 0) is 39.0 Å². The molecule has 0 spiro atoms. The van der Waals surface area contributed by atoms with Gasteiger partial charge in [0.15, 0.2) is 0 Å². The van der Waals surface area contributed by atoms with E-state index in [0.29, 0.717) is 5.69 Å². The predicted molar refractivity (Wildman–Crippen MR) is 72.3 cm³/mol. The molecular weight excluding hydrogens is 228 g/mol. The molecule has 4 heteroatoms. The molecule has 0 atom stereocenters. The molecule has 96 valence electrons. The van der Waals surface area contributed by atoms with Crippen LogP contribution in [-0.2, 0) is 0 Å². The Morgan fingerprint density at radius 2 is 2.11 bits per heavy atom. The first kappa shape index (κ1) is 14.1. The Labute approximate surface area is 107 Å². The zero-order valence-corrected chi connectivity index (χ0v) is 10.9. The van der Waals surface area contributed by atoms with Gasteiger partial charge < -0.3 is 15.7 Å². The molecule has 1 aromatic rings. The summed E-state index contributed by atoms with van der Waals surface area (Å²) >= 11 is 0. The first-order valence-corrected chi connectivity index (χ1v) is 5.70. The third-order valence-electron chi connectivity index (χ3n) is 1.92. The van der Waals surface area contributed by atoms with Crippen molar-refractivity contribution in [3.8, 4) is 11.8 Å². The molecule has 3 N–H and O–H groups in total. The lowest BCUT2D eigenvalue weighted by molar-refractivity contribution is 0.244. The van der Waals surface area contributed by atoms with E-state index in [4.69, 9.17) is 5.11 Å². The molecular formula is C14H18N2O2. The zero-order chi connectivity index (χ0) is 13.6. The van der Waals surface area contributed by atoms with E-state index >= 15 is 0 Å². The summed E-state index contributed by atoms with van der Waals surface area (Å²) in [6.07, 6.45) is 0. The number of urea groups is 1. The predicted octanol–water partition coefficient (Wildman–Crippen LogP) is 1.95. The molecule has 0 aliphatic rings. The lowest BCUT2D eigenvalue weighted by Crippen LogP contribution is -2.43. The summed E-state index contributed by atoms with van der Waals surface area (Å²) in [5.41, 5.74) is 1.14. The molecule has 0 saturated carbocycles. The molecule has 18 heavy (non-hydrogen) atoms. The Morgan fingerprint density at radius 3 is 2.72 bits per heavy atom. The number of benzene rings is 1. The first-order valence-electron chi connectivity index (χ1n) is 5.70. The summed E-state index contributed by atoms with van der Waals surface area (Å²) in [6, 6.07) is 6.90. The molecule has 0 unspecified atom stereocenters. The smallest absolute Gasteiger partial charge is 0.319 e. The second kappa shape index (κ2) is 6.08. The first-order chi connectivity index (χ1) is 8.40. The Bertz CT molecular complexity index is 479. The van der Waals surface area contributed by atoms with Gasteiger partial charge in [0, 0.05) is 16.8 Å². The maximum Gasteiger partial charge on any atom is 0.319 e. The zero-order valence-electron chi connectivity index (χ0n) is 10.9. The van der Waals surface area contributed by atoms with Crippen LogP contribution in [0, 0.1) is 11.8 Å². The highest BCUT2D eigenvalue weighted by Gasteiger charge is 2.13. The second-order valence-corrected chi connectivity index (χ2v) is 4.87. The third-order valence-corrected chi connectivity index (χ3v) is 1.92.